The van der Waals surface area contributed by atoms with E-state index in [0.717, 1.165) is 33.0 Å². The average molecular weight is 501 g/mol. The number of aryl methyl sites for hydroxylation is 2. The first kappa shape index (κ1) is 23.8. The lowest BCUT2D eigenvalue weighted by atomic mass is 9.93. The van der Waals surface area contributed by atoms with Crippen molar-refractivity contribution in [3.05, 3.63) is 88.4 Å². The van der Waals surface area contributed by atoms with Crippen LogP contribution >= 0.6 is 11.3 Å². The number of hydrogen-bond donors (Lipinski definition) is 1. The molecule has 36 heavy (non-hydrogen) atoms. The molecule has 0 saturated heterocycles. The van der Waals surface area contributed by atoms with Gasteiger partial charge in [-0.05, 0) is 79.2 Å². The van der Waals surface area contributed by atoms with E-state index in [-0.39, 0.29) is 18.4 Å². The molecule has 7 nitrogen and oxygen atoms in total. The van der Waals surface area contributed by atoms with Crippen molar-refractivity contribution >= 4 is 28.8 Å². The van der Waals surface area contributed by atoms with Gasteiger partial charge in [0.2, 0.25) is 5.91 Å². The third-order valence-corrected chi connectivity index (χ3v) is 7.39. The summed E-state index contributed by atoms with van der Waals surface area (Å²) >= 11 is 1.57. The number of nitrogens with zero attached hydrogens (tertiary/aromatic N) is 3. The number of nitrogens with one attached hydrogen (secondary N) is 1. The van der Waals surface area contributed by atoms with Crippen LogP contribution in [0.1, 0.15) is 34.1 Å². The molecule has 1 N–H and O–H groups in total. The van der Waals surface area contributed by atoms with Gasteiger partial charge in [-0.3, -0.25) is 19.2 Å². The highest BCUT2D eigenvalue weighted by Gasteiger charge is 2.49. The lowest BCUT2D eigenvalue weighted by molar-refractivity contribution is -0.126. The number of carbonyl (C=O) groups excluding carboxylic acids is 2. The topological polar surface area (TPSA) is 76.5 Å². The molecule has 2 amide bonds. The van der Waals surface area contributed by atoms with E-state index in [1.807, 2.05) is 73.8 Å². The first-order valence-corrected chi connectivity index (χ1v) is 12.6. The second-order valence-electron chi connectivity index (χ2n) is 9.34. The molecule has 4 aromatic rings. The Morgan fingerprint density at radius 3 is 2.47 bits per heavy atom. The second-order valence-corrected chi connectivity index (χ2v) is 10.3. The smallest absolute Gasteiger partial charge is 0.277 e. The summed E-state index contributed by atoms with van der Waals surface area (Å²) in [6.45, 7) is 6.36. The highest BCUT2D eigenvalue weighted by Crippen LogP contribution is 2.35. The fourth-order valence-corrected chi connectivity index (χ4v) is 5.41. The Morgan fingerprint density at radius 2 is 1.83 bits per heavy atom. The van der Waals surface area contributed by atoms with E-state index < -0.39 is 5.54 Å². The molecule has 184 valence electrons. The molecule has 2 aromatic heterocycles. The van der Waals surface area contributed by atoms with Crippen LogP contribution < -0.4 is 15.0 Å². The molecule has 1 atom stereocenters. The van der Waals surface area contributed by atoms with Gasteiger partial charge in [-0.25, -0.2) is 0 Å². The Bertz CT molecular complexity index is 1410. The van der Waals surface area contributed by atoms with Gasteiger partial charge in [0, 0.05) is 12.2 Å². The van der Waals surface area contributed by atoms with Gasteiger partial charge in [-0.15, -0.1) is 11.3 Å². The predicted molar refractivity (Wildman–Crippen MR) is 142 cm³/mol. The number of ether oxygens (including phenoxy) is 1. The number of methoxy groups -OCH3 is 1. The molecule has 5 rings (SSSR count). The Hall–Kier alpha value is -3.91. The van der Waals surface area contributed by atoms with Gasteiger partial charge in [0.1, 0.15) is 22.7 Å². The van der Waals surface area contributed by atoms with Gasteiger partial charge in [0.25, 0.3) is 5.91 Å². The zero-order valence-electron chi connectivity index (χ0n) is 20.7. The molecule has 0 fully saturated rings. The Morgan fingerprint density at radius 1 is 1.11 bits per heavy atom. The van der Waals surface area contributed by atoms with E-state index >= 15 is 0 Å². The van der Waals surface area contributed by atoms with Gasteiger partial charge < -0.3 is 10.1 Å². The van der Waals surface area contributed by atoms with Crippen molar-refractivity contribution in [2.45, 2.75) is 39.4 Å². The molecule has 1 aliphatic heterocycles. The molecule has 1 aliphatic rings. The lowest BCUT2D eigenvalue weighted by Crippen LogP contribution is -2.64. The van der Waals surface area contributed by atoms with Gasteiger partial charge in [-0.1, -0.05) is 24.3 Å². The number of carbonyl (C=O) groups is 2. The largest absolute Gasteiger partial charge is 0.497 e. The monoisotopic (exact) mass is 500 g/mol. The van der Waals surface area contributed by atoms with Crippen molar-refractivity contribution < 1.29 is 14.3 Å². The number of amides is 2. The van der Waals surface area contributed by atoms with Crippen LogP contribution in [-0.2, 0) is 17.9 Å². The van der Waals surface area contributed by atoms with Crippen molar-refractivity contribution in [2.75, 3.05) is 12.0 Å². The number of anilines is 1. The van der Waals surface area contributed by atoms with Gasteiger partial charge >= 0.3 is 0 Å². The molecule has 8 heteroatoms. The molecule has 0 radical (unpaired) electrons. The third kappa shape index (κ3) is 4.28. The van der Waals surface area contributed by atoms with Crippen LogP contribution in [-0.4, -0.2) is 34.2 Å². The minimum Gasteiger partial charge on any atom is -0.497 e. The van der Waals surface area contributed by atoms with E-state index in [1.165, 1.54) is 0 Å². The summed E-state index contributed by atoms with van der Waals surface area (Å²) < 4.78 is 6.89. The molecular weight excluding hydrogens is 472 g/mol. The normalized spacial score (nSPS) is 17.1. The van der Waals surface area contributed by atoms with Crippen LogP contribution in [0.15, 0.2) is 66.0 Å². The van der Waals surface area contributed by atoms with Gasteiger partial charge in [0.05, 0.1) is 18.5 Å². The highest BCUT2D eigenvalue weighted by atomic mass is 32.1. The van der Waals surface area contributed by atoms with Crippen LogP contribution in [0.3, 0.4) is 0 Å². The summed E-state index contributed by atoms with van der Waals surface area (Å²) in [6, 6.07) is 19.2. The van der Waals surface area contributed by atoms with Crippen LogP contribution in [0.2, 0.25) is 0 Å². The molecule has 3 heterocycles. The first-order chi connectivity index (χ1) is 17.3. The zero-order valence-corrected chi connectivity index (χ0v) is 21.6. The minimum atomic E-state index is -1.18. The van der Waals surface area contributed by atoms with E-state index in [1.54, 1.807) is 35.0 Å². The van der Waals surface area contributed by atoms with Crippen molar-refractivity contribution in [1.82, 2.24) is 15.1 Å². The quantitative estimate of drug-likeness (QED) is 0.405. The van der Waals surface area contributed by atoms with E-state index in [0.29, 0.717) is 17.9 Å². The average Bonchev–Trinajstić information content (AvgIpc) is 3.52. The summed E-state index contributed by atoms with van der Waals surface area (Å²) in [4.78, 5) is 30.4. The molecule has 0 spiro atoms. The fourth-order valence-electron chi connectivity index (χ4n) is 4.73. The Balaban J connectivity index is 1.52. The molecular formula is C28H28N4O3S. The maximum atomic E-state index is 14.0. The summed E-state index contributed by atoms with van der Waals surface area (Å²) in [6.07, 6.45) is 0. The molecule has 0 bridgehead atoms. The van der Waals surface area contributed by atoms with Crippen LogP contribution in [0, 0.1) is 13.8 Å². The molecule has 0 aliphatic carbocycles. The standard InChI is InChI=1S/C28H28N4O3S/c1-18-12-19(2)14-21(13-18)32-26(33)24-15-23(25-6-5-11-36-25)30-31(24)17-28(32,3)27(34)29-16-20-7-9-22(35-4)10-8-20/h5-15H,16-17H2,1-4H3,(H,29,34)/t28-/m1/s1. The van der Waals surface area contributed by atoms with Crippen molar-refractivity contribution in [2.24, 2.45) is 0 Å². The van der Waals surface area contributed by atoms with E-state index in [4.69, 9.17) is 9.84 Å². The van der Waals surface area contributed by atoms with E-state index in [2.05, 4.69) is 11.4 Å². The SMILES string of the molecule is COc1ccc(CNC(=O)[C@@]2(C)Cn3nc(-c4cccs4)cc3C(=O)N2c2cc(C)cc(C)c2)cc1. The van der Waals surface area contributed by atoms with Crippen LogP contribution in [0.25, 0.3) is 10.6 Å². The number of rotatable bonds is 6. The third-order valence-electron chi connectivity index (χ3n) is 6.49. The van der Waals surface area contributed by atoms with Crippen LogP contribution in [0.5, 0.6) is 5.75 Å². The Labute approximate surface area is 214 Å². The number of hydrogen-bond acceptors (Lipinski definition) is 5. The molecule has 2 aromatic carbocycles. The van der Waals surface area contributed by atoms with Gasteiger partial charge in [-0.2, -0.15) is 5.10 Å². The number of thiophene rings is 1. The summed E-state index contributed by atoms with van der Waals surface area (Å²) in [7, 11) is 1.62. The van der Waals surface area contributed by atoms with E-state index in [9.17, 15) is 9.59 Å². The number of aromatic nitrogens is 2. The van der Waals surface area contributed by atoms with Crippen molar-refractivity contribution in [1.29, 1.82) is 0 Å². The summed E-state index contributed by atoms with van der Waals surface area (Å²) in [5, 5.41) is 9.74. The number of fused-ring (bicyclic) bond motifs is 1. The molecule has 0 saturated carbocycles. The number of benzene rings is 2. The van der Waals surface area contributed by atoms with Crippen LogP contribution in [0.4, 0.5) is 5.69 Å². The maximum absolute atomic E-state index is 14.0. The predicted octanol–water partition coefficient (Wildman–Crippen LogP) is 4.97. The summed E-state index contributed by atoms with van der Waals surface area (Å²) in [5.41, 5.74) is 3.71. The highest BCUT2D eigenvalue weighted by molar-refractivity contribution is 7.13. The van der Waals surface area contributed by atoms with Gasteiger partial charge in [0.15, 0.2) is 0 Å². The fraction of sp³-hybridized carbons (Fsp3) is 0.250. The second kappa shape index (κ2) is 9.28. The first-order valence-electron chi connectivity index (χ1n) is 11.7. The summed E-state index contributed by atoms with van der Waals surface area (Å²) in [5.74, 6) is 0.261. The Kier molecular flexibility index (Phi) is 6.14. The lowest BCUT2D eigenvalue weighted by Gasteiger charge is -2.43. The zero-order chi connectivity index (χ0) is 25.4. The van der Waals surface area contributed by atoms with Crippen molar-refractivity contribution in [3.63, 3.8) is 0 Å². The maximum Gasteiger partial charge on any atom is 0.277 e. The van der Waals surface area contributed by atoms with Crippen molar-refractivity contribution in [3.8, 4) is 16.3 Å². The minimum absolute atomic E-state index is 0.237. The molecule has 0 unspecified atom stereocenters.